The van der Waals surface area contributed by atoms with Gasteiger partial charge in [0.2, 0.25) is 5.91 Å². The van der Waals surface area contributed by atoms with Crippen LogP contribution < -0.4 is 5.32 Å². The summed E-state index contributed by atoms with van der Waals surface area (Å²) < 4.78 is 27.1. The van der Waals surface area contributed by atoms with Crippen LogP contribution in [-0.4, -0.2) is 35.7 Å². The lowest BCUT2D eigenvalue weighted by Gasteiger charge is -2.28. The second-order valence-electron chi connectivity index (χ2n) is 8.68. The molecule has 2 bridgehead atoms. The monoisotopic (exact) mass is 415 g/mol. The molecule has 0 aliphatic heterocycles. The maximum Gasteiger partial charge on any atom is 0.235 e. The van der Waals surface area contributed by atoms with Crippen molar-refractivity contribution in [1.82, 2.24) is 14.9 Å². The number of carbonyl (C=O) groups excluding carboxylic acids is 1. The minimum Gasteiger partial charge on any atom is -0.352 e. The van der Waals surface area contributed by atoms with E-state index in [1.54, 1.807) is 12.4 Å². The van der Waals surface area contributed by atoms with E-state index in [0.717, 1.165) is 17.9 Å². The molecule has 29 heavy (non-hydrogen) atoms. The number of amides is 1. The molecule has 1 amide bonds. The molecule has 1 N–H and O–H groups in total. The first-order valence-corrected chi connectivity index (χ1v) is 12.3. The van der Waals surface area contributed by atoms with E-state index in [2.05, 4.69) is 10.3 Å². The summed E-state index contributed by atoms with van der Waals surface area (Å²) in [5.41, 5.74) is 1.07. The highest BCUT2D eigenvalue weighted by Crippen LogP contribution is 2.49. The topological polar surface area (TPSA) is 81.1 Å². The third-order valence-corrected chi connectivity index (χ3v) is 7.92. The fraction of sp³-hybridized carbons (Fsp3) is 0.545. The minimum absolute atomic E-state index is 0.0352. The Balaban J connectivity index is 1.33. The summed E-state index contributed by atoms with van der Waals surface area (Å²) in [6.07, 6.45) is 8.37. The molecular weight excluding hydrogens is 386 g/mol. The van der Waals surface area contributed by atoms with Gasteiger partial charge < -0.3 is 9.88 Å². The molecule has 0 saturated heterocycles. The van der Waals surface area contributed by atoms with Crippen molar-refractivity contribution in [2.45, 2.75) is 50.9 Å². The molecule has 6 nitrogen and oxygen atoms in total. The van der Waals surface area contributed by atoms with Crippen molar-refractivity contribution >= 4 is 15.7 Å². The second-order valence-corrected chi connectivity index (χ2v) is 10.7. The van der Waals surface area contributed by atoms with E-state index in [1.165, 1.54) is 19.3 Å². The van der Waals surface area contributed by atoms with Crippen molar-refractivity contribution in [1.29, 1.82) is 0 Å². The highest BCUT2D eigenvalue weighted by molar-refractivity contribution is 7.91. The maximum atomic E-state index is 12.6. The van der Waals surface area contributed by atoms with Gasteiger partial charge in [-0.05, 0) is 49.5 Å². The number of sulfone groups is 1. The average Bonchev–Trinajstić information content (AvgIpc) is 3.39. The van der Waals surface area contributed by atoms with Crippen LogP contribution in [0.2, 0.25) is 0 Å². The van der Waals surface area contributed by atoms with Gasteiger partial charge in [-0.25, -0.2) is 13.4 Å². The summed E-state index contributed by atoms with van der Waals surface area (Å²) in [6, 6.07) is 9.85. The lowest BCUT2D eigenvalue weighted by atomic mass is 9.84. The van der Waals surface area contributed by atoms with E-state index in [4.69, 9.17) is 0 Å². The van der Waals surface area contributed by atoms with Gasteiger partial charge in [-0.3, -0.25) is 4.79 Å². The molecule has 1 aromatic heterocycles. The van der Waals surface area contributed by atoms with Crippen LogP contribution in [0.25, 0.3) is 0 Å². The number of rotatable bonds is 8. The molecule has 4 atom stereocenters. The first-order valence-electron chi connectivity index (χ1n) is 10.4. The zero-order valence-electron chi connectivity index (χ0n) is 16.8. The normalized spacial score (nSPS) is 24.5. The minimum atomic E-state index is -3.59. The quantitative estimate of drug-likeness (QED) is 0.719. The van der Waals surface area contributed by atoms with Crippen LogP contribution in [0.15, 0.2) is 42.7 Å². The van der Waals surface area contributed by atoms with E-state index in [9.17, 15) is 13.2 Å². The van der Waals surface area contributed by atoms with Gasteiger partial charge in [-0.15, -0.1) is 0 Å². The molecule has 1 aromatic carbocycles. The predicted octanol–water partition coefficient (Wildman–Crippen LogP) is 2.79. The largest absolute Gasteiger partial charge is 0.352 e. The molecule has 2 aliphatic rings. The second kappa shape index (κ2) is 8.30. The van der Waals surface area contributed by atoms with Gasteiger partial charge in [-0.2, -0.15) is 0 Å². The highest BCUT2D eigenvalue weighted by Gasteiger charge is 2.42. The van der Waals surface area contributed by atoms with E-state index < -0.39 is 21.5 Å². The van der Waals surface area contributed by atoms with Crippen molar-refractivity contribution in [3.8, 4) is 0 Å². The maximum absolute atomic E-state index is 12.6. The van der Waals surface area contributed by atoms with Crippen molar-refractivity contribution in [2.75, 3.05) is 5.75 Å². The first-order chi connectivity index (χ1) is 13.9. The van der Waals surface area contributed by atoms with Gasteiger partial charge in [0.15, 0.2) is 9.84 Å². The van der Waals surface area contributed by atoms with Gasteiger partial charge in [0.1, 0.15) is 17.3 Å². The summed E-state index contributed by atoms with van der Waals surface area (Å²) in [4.78, 5) is 16.6. The van der Waals surface area contributed by atoms with Gasteiger partial charge in [0.05, 0.1) is 0 Å². The van der Waals surface area contributed by atoms with E-state index in [0.29, 0.717) is 24.2 Å². The highest BCUT2D eigenvalue weighted by atomic mass is 32.2. The predicted molar refractivity (Wildman–Crippen MR) is 112 cm³/mol. The van der Waals surface area contributed by atoms with Crippen molar-refractivity contribution in [3.63, 3.8) is 0 Å². The Bertz CT molecular complexity index is 955. The molecule has 156 valence electrons. The number of imidazole rings is 1. The molecule has 0 radical (unpaired) electrons. The summed E-state index contributed by atoms with van der Waals surface area (Å²) >= 11 is 0. The number of hydrogen-bond donors (Lipinski definition) is 1. The number of hydrogen-bond acceptors (Lipinski definition) is 4. The summed E-state index contributed by atoms with van der Waals surface area (Å²) in [5, 5.41) is 2.95. The molecule has 4 unspecified atom stereocenters. The van der Waals surface area contributed by atoms with Gasteiger partial charge in [0, 0.05) is 25.0 Å². The van der Waals surface area contributed by atoms with E-state index in [-0.39, 0.29) is 11.8 Å². The molecule has 2 saturated carbocycles. The van der Waals surface area contributed by atoms with E-state index in [1.807, 2.05) is 41.8 Å². The molecule has 0 spiro atoms. The van der Waals surface area contributed by atoms with Crippen LogP contribution >= 0.6 is 0 Å². The number of nitrogens with zero attached hydrogens (tertiary/aromatic N) is 2. The van der Waals surface area contributed by atoms with Crippen molar-refractivity contribution < 1.29 is 13.2 Å². The summed E-state index contributed by atoms with van der Waals surface area (Å²) in [7, 11) is -3.59. The molecule has 2 aromatic rings. The van der Waals surface area contributed by atoms with Gasteiger partial charge >= 0.3 is 0 Å². The molecule has 7 heteroatoms. The summed E-state index contributed by atoms with van der Waals surface area (Å²) in [6.45, 7) is 2.57. The zero-order chi connectivity index (χ0) is 20.4. The van der Waals surface area contributed by atoms with Gasteiger partial charge in [-0.1, -0.05) is 36.8 Å². The standard InChI is InChI=1S/C22H29N3O3S/c1-16(20-12-18-7-8-19(20)11-18)24-22(26)15-29(27,28)14-21-23-9-10-25(21)13-17-5-3-2-4-6-17/h2-6,9-10,16,18-20H,7-8,11-15H2,1H3,(H,24,26). The van der Waals surface area contributed by atoms with Crippen molar-refractivity contribution in [2.24, 2.45) is 17.8 Å². The Labute approximate surface area is 172 Å². The van der Waals surface area contributed by atoms with Crippen LogP contribution in [0.4, 0.5) is 0 Å². The molecule has 2 aliphatic carbocycles. The van der Waals surface area contributed by atoms with Crippen LogP contribution in [0.1, 0.15) is 44.0 Å². The Hall–Kier alpha value is -2.15. The van der Waals surface area contributed by atoms with Crippen LogP contribution in [0, 0.1) is 17.8 Å². The zero-order valence-corrected chi connectivity index (χ0v) is 17.6. The molecule has 1 heterocycles. The Morgan fingerprint density at radius 1 is 1.24 bits per heavy atom. The number of fused-ring (bicyclic) bond motifs is 2. The third-order valence-electron chi connectivity index (χ3n) is 6.52. The molecular formula is C22H29N3O3S. The van der Waals surface area contributed by atoms with Crippen LogP contribution in [0.5, 0.6) is 0 Å². The Kier molecular flexibility index (Phi) is 5.76. The molecule has 4 rings (SSSR count). The Morgan fingerprint density at radius 3 is 2.72 bits per heavy atom. The SMILES string of the molecule is CC(NC(=O)CS(=O)(=O)Cc1nccn1Cc1ccccc1)C1CC2CCC1C2. The lowest BCUT2D eigenvalue weighted by molar-refractivity contribution is -0.119. The summed E-state index contributed by atoms with van der Waals surface area (Å²) in [5.74, 6) is 1.32. The molecule has 2 fully saturated rings. The number of carbonyl (C=O) groups is 1. The van der Waals surface area contributed by atoms with Crippen LogP contribution in [-0.2, 0) is 26.9 Å². The fourth-order valence-electron chi connectivity index (χ4n) is 5.16. The third kappa shape index (κ3) is 4.89. The lowest BCUT2D eigenvalue weighted by Crippen LogP contribution is -2.42. The van der Waals surface area contributed by atoms with Crippen molar-refractivity contribution in [3.05, 3.63) is 54.1 Å². The smallest absolute Gasteiger partial charge is 0.235 e. The fourth-order valence-corrected chi connectivity index (χ4v) is 6.38. The van der Waals surface area contributed by atoms with Crippen LogP contribution in [0.3, 0.4) is 0 Å². The average molecular weight is 416 g/mol. The van der Waals surface area contributed by atoms with E-state index >= 15 is 0 Å². The Morgan fingerprint density at radius 2 is 2.03 bits per heavy atom. The van der Waals surface area contributed by atoms with Gasteiger partial charge in [0.25, 0.3) is 0 Å². The first kappa shape index (κ1) is 20.1. The number of aromatic nitrogens is 2. The number of nitrogens with one attached hydrogen (secondary N) is 1. The number of benzene rings is 1.